The third-order valence-corrected chi connectivity index (χ3v) is 3.11. The lowest BCUT2D eigenvalue weighted by Gasteiger charge is -2.13. The van der Waals surface area contributed by atoms with E-state index in [2.05, 4.69) is 48.2 Å². The summed E-state index contributed by atoms with van der Waals surface area (Å²) in [6, 6.07) is 4.39. The van der Waals surface area contributed by atoms with Crippen LogP contribution in [0.1, 0.15) is 22.3 Å². The van der Waals surface area contributed by atoms with Gasteiger partial charge in [0.25, 0.3) is 0 Å². The Morgan fingerprint density at radius 2 is 1.56 bits per heavy atom. The fourth-order valence-electron chi connectivity index (χ4n) is 2.37. The third kappa shape index (κ3) is 2.21. The Labute approximate surface area is 108 Å². The molecule has 1 aromatic heterocycles. The molecule has 0 spiro atoms. The predicted molar refractivity (Wildman–Crippen MR) is 76.0 cm³/mol. The van der Waals surface area contributed by atoms with Crippen LogP contribution in [-0.2, 0) is 0 Å². The van der Waals surface area contributed by atoms with Gasteiger partial charge in [-0.1, -0.05) is 17.7 Å². The Balaban J connectivity index is 2.68. The van der Waals surface area contributed by atoms with Crippen LogP contribution in [0.5, 0.6) is 0 Å². The van der Waals surface area contributed by atoms with E-state index in [-0.39, 0.29) is 0 Å². The van der Waals surface area contributed by atoms with Crippen molar-refractivity contribution in [2.75, 3.05) is 12.4 Å². The summed E-state index contributed by atoms with van der Waals surface area (Å²) in [5.41, 5.74) is 7.15. The van der Waals surface area contributed by atoms with E-state index in [1.54, 1.807) is 0 Å². The highest BCUT2D eigenvalue weighted by molar-refractivity contribution is 5.71. The van der Waals surface area contributed by atoms with Crippen molar-refractivity contribution in [3.05, 3.63) is 40.6 Å². The maximum Gasteiger partial charge on any atom is 0.222 e. The first kappa shape index (κ1) is 12.6. The van der Waals surface area contributed by atoms with Crippen LogP contribution < -0.4 is 5.32 Å². The Bertz CT molecular complexity index is 565. The first-order chi connectivity index (χ1) is 8.52. The highest BCUT2D eigenvalue weighted by Crippen LogP contribution is 2.29. The lowest BCUT2D eigenvalue weighted by Crippen LogP contribution is -2.01. The van der Waals surface area contributed by atoms with Crippen molar-refractivity contribution in [2.24, 2.45) is 0 Å². The van der Waals surface area contributed by atoms with Gasteiger partial charge in [-0.2, -0.15) is 0 Å². The van der Waals surface area contributed by atoms with Crippen molar-refractivity contribution >= 4 is 5.95 Å². The smallest absolute Gasteiger partial charge is 0.222 e. The zero-order valence-electron chi connectivity index (χ0n) is 11.6. The second-order valence-corrected chi connectivity index (χ2v) is 4.75. The summed E-state index contributed by atoms with van der Waals surface area (Å²) in [7, 11) is 1.84. The van der Waals surface area contributed by atoms with E-state index in [4.69, 9.17) is 0 Å². The van der Waals surface area contributed by atoms with E-state index in [9.17, 15) is 0 Å². The average Bonchev–Trinajstić information content (AvgIpc) is 2.30. The Morgan fingerprint density at radius 3 is 2.11 bits per heavy atom. The lowest BCUT2D eigenvalue weighted by atomic mass is 9.95. The number of aryl methyl sites for hydroxylation is 4. The molecule has 1 aromatic carbocycles. The van der Waals surface area contributed by atoms with Crippen LogP contribution in [0.2, 0.25) is 0 Å². The Morgan fingerprint density at radius 1 is 0.944 bits per heavy atom. The number of nitrogens with one attached hydrogen (secondary N) is 1. The average molecular weight is 241 g/mol. The molecule has 0 amide bonds. The van der Waals surface area contributed by atoms with Crippen molar-refractivity contribution in [3.8, 4) is 11.3 Å². The topological polar surface area (TPSA) is 37.8 Å². The highest BCUT2D eigenvalue weighted by atomic mass is 15.1. The first-order valence-corrected chi connectivity index (χ1v) is 6.12. The molecule has 0 saturated carbocycles. The van der Waals surface area contributed by atoms with Crippen LogP contribution in [0, 0.1) is 27.7 Å². The normalized spacial score (nSPS) is 10.5. The van der Waals surface area contributed by atoms with Gasteiger partial charge in [-0.3, -0.25) is 0 Å². The number of hydrogen-bond donors (Lipinski definition) is 1. The molecule has 0 atom stereocenters. The minimum absolute atomic E-state index is 0.662. The largest absolute Gasteiger partial charge is 0.357 e. The molecule has 2 aromatic rings. The second-order valence-electron chi connectivity index (χ2n) is 4.75. The van der Waals surface area contributed by atoms with Crippen LogP contribution in [0.4, 0.5) is 5.95 Å². The third-order valence-electron chi connectivity index (χ3n) is 3.11. The highest BCUT2D eigenvalue weighted by Gasteiger charge is 2.11. The van der Waals surface area contributed by atoms with E-state index >= 15 is 0 Å². The van der Waals surface area contributed by atoms with Gasteiger partial charge in [0.2, 0.25) is 5.95 Å². The van der Waals surface area contributed by atoms with Gasteiger partial charge in [0.05, 0.1) is 5.69 Å². The summed E-state index contributed by atoms with van der Waals surface area (Å²) < 4.78 is 0. The second kappa shape index (κ2) is 4.77. The van der Waals surface area contributed by atoms with E-state index in [0.717, 1.165) is 11.3 Å². The number of rotatable bonds is 2. The molecule has 3 heteroatoms. The van der Waals surface area contributed by atoms with Crippen molar-refractivity contribution in [1.82, 2.24) is 9.97 Å². The monoisotopic (exact) mass is 241 g/mol. The van der Waals surface area contributed by atoms with E-state index in [1.807, 2.05) is 20.2 Å². The molecule has 0 radical (unpaired) electrons. The molecule has 0 aliphatic heterocycles. The molecular weight excluding hydrogens is 222 g/mol. The molecular formula is C15H19N3. The molecule has 94 valence electrons. The van der Waals surface area contributed by atoms with Crippen LogP contribution in [0.15, 0.2) is 18.3 Å². The van der Waals surface area contributed by atoms with Gasteiger partial charge < -0.3 is 5.32 Å². The van der Waals surface area contributed by atoms with E-state index in [0.29, 0.717) is 5.95 Å². The number of hydrogen-bond acceptors (Lipinski definition) is 3. The summed E-state index contributed by atoms with van der Waals surface area (Å²) in [6.45, 7) is 8.44. The fourth-order valence-corrected chi connectivity index (χ4v) is 2.37. The molecule has 1 N–H and O–H groups in total. The molecule has 0 fully saturated rings. The van der Waals surface area contributed by atoms with Crippen molar-refractivity contribution in [1.29, 1.82) is 0 Å². The van der Waals surface area contributed by atoms with Crippen LogP contribution >= 0.6 is 0 Å². The molecule has 1 heterocycles. The zero-order valence-corrected chi connectivity index (χ0v) is 11.6. The number of nitrogens with zero attached hydrogens (tertiary/aromatic N) is 2. The molecule has 0 bridgehead atoms. The van der Waals surface area contributed by atoms with E-state index < -0.39 is 0 Å². The lowest BCUT2D eigenvalue weighted by molar-refractivity contribution is 1.12. The number of anilines is 1. The summed E-state index contributed by atoms with van der Waals surface area (Å²) in [4.78, 5) is 8.83. The quantitative estimate of drug-likeness (QED) is 0.875. The minimum Gasteiger partial charge on any atom is -0.357 e. The van der Waals surface area contributed by atoms with Crippen molar-refractivity contribution in [3.63, 3.8) is 0 Å². The molecule has 0 aliphatic rings. The van der Waals surface area contributed by atoms with Crippen LogP contribution in [-0.4, -0.2) is 17.0 Å². The maximum absolute atomic E-state index is 4.59. The standard InChI is InChI=1S/C15H19N3/c1-9-6-10(2)13(11(3)7-9)14-12(4)8-17-15(16-5)18-14/h6-8H,1-5H3,(H,16,17,18). The van der Waals surface area contributed by atoms with Crippen molar-refractivity contribution < 1.29 is 0 Å². The molecule has 0 saturated heterocycles. The van der Waals surface area contributed by atoms with Gasteiger partial charge in [-0.25, -0.2) is 9.97 Å². The van der Waals surface area contributed by atoms with Crippen LogP contribution in [0.3, 0.4) is 0 Å². The van der Waals surface area contributed by atoms with Crippen molar-refractivity contribution in [2.45, 2.75) is 27.7 Å². The molecule has 2 rings (SSSR count). The number of aromatic nitrogens is 2. The molecule has 3 nitrogen and oxygen atoms in total. The summed E-state index contributed by atoms with van der Waals surface area (Å²) >= 11 is 0. The molecule has 18 heavy (non-hydrogen) atoms. The molecule has 0 unspecified atom stereocenters. The van der Waals surface area contributed by atoms with Gasteiger partial charge >= 0.3 is 0 Å². The SMILES string of the molecule is CNc1ncc(C)c(-c2c(C)cc(C)cc2C)n1. The van der Waals surface area contributed by atoms with Gasteiger partial charge in [0, 0.05) is 18.8 Å². The number of benzene rings is 1. The Hall–Kier alpha value is -1.90. The fraction of sp³-hybridized carbons (Fsp3) is 0.333. The van der Waals surface area contributed by atoms with E-state index in [1.165, 1.54) is 22.3 Å². The minimum atomic E-state index is 0.662. The summed E-state index contributed by atoms with van der Waals surface area (Å²) in [5, 5.41) is 2.99. The van der Waals surface area contributed by atoms with Gasteiger partial charge in [0.1, 0.15) is 0 Å². The van der Waals surface area contributed by atoms with Gasteiger partial charge in [-0.05, 0) is 44.4 Å². The summed E-state index contributed by atoms with van der Waals surface area (Å²) in [6.07, 6.45) is 1.87. The molecule has 0 aliphatic carbocycles. The maximum atomic E-state index is 4.59. The zero-order chi connectivity index (χ0) is 13.3. The first-order valence-electron chi connectivity index (χ1n) is 6.12. The van der Waals surface area contributed by atoms with Gasteiger partial charge in [0.15, 0.2) is 0 Å². The van der Waals surface area contributed by atoms with Gasteiger partial charge in [-0.15, -0.1) is 0 Å². The Kier molecular flexibility index (Phi) is 3.32. The van der Waals surface area contributed by atoms with Crippen LogP contribution in [0.25, 0.3) is 11.3 Å². The predicted octanol–water partition coefficient (Wildman–Crippen LogP) is 3.42. The summed E-state index contributed by atoms with van der Waals surface area (Å²) in [5.74, 6) is 0.662.